The maximum absolute atomic E-state index is 12.4. The van der Waals surface area contributed by atoms with Gasteiger partial charge in [0.1, 0.15) is 0 Å². The van der Waals surface area contributed by atoms with Crippen molar-refractivity contribution >= 4 is 20.0 Å². The molecule has 1 atom stereocenters. The molecule has 0 amide bonds. The Hall–Kier alpha value is -0.960. The third-order valence-electron chi connectivity index (χ3n) is 3.88. The van der Waals surface area contributed by atoms with Gasteiger partial charge in [-0.05, 0) is 62.8 Å². The predicted octanol–water partition coefficient (Wildman–Crippen LogP) is 2.23. The van der Waals surface area contributed by atoms with E-state index in [-0.39, 0.29) is 21.9 Å². The zero-order valence-corrected chi connectivity index (χ0v) is 16.0. The van der Waals surface area contributed by atoms with Crippen LogP contribution in [0.2, 0.25) is 0 Å². The summed E-state index contributed by atoms with van der Waals surface area (Å²) in [6, 6.07) is 5.17. The van der Waals surface area contributed by atoms with Gasteiger partial charge in [0.05, 0.1) is 9.79 Å². The lowest BCUT2D eigenvalue weighted by molar-refractivity contribution is 0.485. The number of sulfonamides is 2. The van der Waals surface area contributed by atoms with Gasteiger partial charge >= 0.3 is 0 Å². The second-order valence-corrected chi connectivity index (χ2v) is 10.3. The van der Waals surface area contributed by atoms with E-state index in [1.165, 1.54) is 24.3 Å². The van der Waals surface area contributed by atoms with Gasteiger partial charge < -0.3 is 0 Å². The van der Waals surface area contributed by atoms with Crippen molar-refractivity contribution in [3.8, 4) is 0 Å². The molecule has 0 heterocycles. The Kier molecular flexibility index (Phi) is 6.06. The number of benzene rings is 1. The van der Waals surface area contributed by atoms with Gasteiger partial charge in [0.2, 0.25) is 20.0 Å². The summed E-state index contributed by atoms with van der Waals surface area (Å²) < 4.78 is 54.1. The highest BCUT2D eigenvalue weighted by molar-refractivity contribution is 7.90. The largest absolute Gasteiger partial charge is 0.240 e. The van der Waals surface area contributed by atoms with E-state index in [1.54, 1.807) is 0 Å². The van der Waals surface area contributed by atoms with Crippen LogP contribution in [-0.2, 0) is 20.0 Å². The van der Waals surface area contributed by atoms with Crippen LogP contribution in [0.1, 0.15) is 46.5 Å². The van der Waals surface area contributed by atoms with Crippen molar-refractivity contribution in [1.82, 2.24) is 9.44 Å². The molecule has 0 aromatic heterocycles. The first-order valence-electron chi connectivity index (χ1n) is 8.25. The topological polar surface area (TPSA) is 92.3 Å². The highest BCUT2D eigenvalue weighted by Crippen LogP contribution is 2.23. The highest BCUT2D eigenvalue weighted by atomic mass is 32.2. The molecule has 136 valence electrons. The molecule has 1 aliphatic carbocycles. The molecule has 2 rings (SSSR count). The van der Waals surface area contributed by atoms with Crippen LogP contribution in [-0.4, -0.2) is 28.9 Å². The average Bonchev–Trinajstić information content (AvgIpc) is 3.28. The summed E-state index contributed by atoms with van der Waals surface area (Å²) in [5.74, 6) is 0.514. The third kappa shape index (κ3) is 5.54. The first-order valence-corrected chi connectivity index (χ1v) is 11.2. The summed E-state index contributed by atoms with van der Waals surface area (Å²) in [5, 5.41) is 0. The fraction of sp³-hybridized carbons (Fsp3) is 0.625. The summed E-state index contributed by atoms with van der Waals surface area (Å²) in [6.45, 7) is 6.02. The second kappa shape index (κ2) is 7.51. The Bertz CT molecular complexity index is 752. The first kappa shape index (κ1) is 19.4. The molecule has 0 saturated heterocycles. The quantitative estimate of drug-likeness (QED) is 0.693. The maximum Gasteiger partial charge on any atom is 0.240 e. The zero-order valence-electron chi connectivity index (χ0n) is 14.3. The Morgan fingerprint density at radius 2 is 1.42 bits per heavy atom. The molecule has 1 fully saturated rings. The van der Waals surface area contributed by atoms with Gasteiger partial charge in [-0.3, -0.25) is 0 Å². The van der Waals surface area contributed by atoms with Crippen LogP contribution < -0.4 is 9.44 Å². The van der Waals surface area contributed by atoms with Crippen LogP contribution in [0.3, 0.4) is 0 Å². The molecular weight excluding hydrogens is 348 g/mol. The Morgan fingerprint density at radius 1 is 0.917 bits per heavy atom. The van der Waals surface area contributed by atoms with E-state index in [9.17, 15) is 16.8 Å². The van der Waals surface area contributed by atoms with Crippen LogP contribution in [0.25, 0.3) is 0 Å². The minimum Gasteiger partial charge on any atom is -0.208 e. The van der Waals surface area contributed by atoms with Crippen LogP contribution in [0.4, 0.5) is 0 Å². The number of nitrogens with one attached hydrogen (secondary N) is 2. The van der Waals surface area contributed by atoms with Crippen LogP contribution in [0.5, 0.6) is 0 Å². The Balaban J connectivity index is 2.05. The average molecular weight is 375 g/mol. The van der Waals surface area contributed by atoms with Gasteiger partial charge in [-0.2, -0.15) is 0 Å². The molecule has 1 aromatic carbocycles. The second-order valence-electron chi connectivity index (χ2n) is 6.86. The molecule has 0 radical (unpaired) electrons. The molecule has 0 bridgehead atoms. The smallest absolute Gasteiger partial charge is 0.208 e. The molecule has 6 nitrogen and oxygen atoms in total. The van der Waals surface area contributed by atoms with Crippen molar-refractivity contribution in [3.63, 3.8) is 0 Å². The molecule has 8 heteroatoms. The summed E-state index contributed by atoms with van der Waals surface area (Å²) >= 11 is 0. The van der Waals surface area contributed by atoms with Gasteiger partial charge in [-0.25, -0.2) is 26.3 Å². The predicted molar refractivity (Wildman–Crippen MR) is 93.6 cm³/mol. The summed E-state index contributed by atoms with van der Waals surface area (Å²) in [6.07, 6.45) is 3.40. The third-order valence-corrected chi connectivity index (χ3v) is 7.02. The summed E-state index contributed by atoms with van der Waals surface area (Å²) in [4.78, 5) is 0.158. The zero-order chi connectivity index (χ0) is 18.0. The molecule has 1 saturated carbocycles. The fourth-order valence-electron chi connectivity index (χ4n) is 2.26. The van der Waals surface area contributed by atoms with E-state index in [4.69, 9.17) is 0 Å². The van der Waals surface area contributed by atoms with Gasteiger partial charge in [-0.1, -0.05) is 13.8 Å². The Morgan fingerprint density at radius 3 is 1.88 bits per heavy atom. The van der Waals surface area contributed by atoms with Crippen LogP contribution in [0, 0.1) is 5.92 Å². The van der Waals surface area contributed by atoms with E-state index in [1.807, 2.05) is 6.92 Å². The first-order chi connectivity index (χ1) is 11.1. The lowest BCUT2D eigenvalue weighted by Gasteiger charge is -2.15. The van der Waals surface area contributed by atoms with Crippen LogP contribution >= 0.6 is 0 Å². The minimum absolute atomic E-state index is 0.0156. The molecule has 1 aromatic rings. The lowest BCUT2D eigenvalue weighted by atomic mass is 10.1. The number of hydrogen-bond donors (Lipinski definition) is 2. The van der Waals surface area contributed by atoms with Crippen molar-refractivity contribution < 1.29 is 16.8 Å². The fourth-order valence-corrected chi connectivity index (χ4v) is 4.84. The van der Waals surface area contributed by atoms with Gasteiger partial charge in [0.25, 0.3) is 0 Å². The normalized spacial score (nSPS) is 17.2. The van der Waals surface area contributed by atoms with Crippen molar-refractivity contribution in [2.75, 3.05) is 0 Å². The van der Waals surface area contributed by atoms with E-state index >= 15 is 0 Å². The molecule has 0 aliphatic heterocycles. The number of rotatable bonds is 9. The molecule has 0 spiro atoms. The molecule has 2 N–H and O–H groups in total. The molecule has 24 heavy (non-hydrogen) atoms. The van der Waals surface area contributed by atoms with Gasteiger partial charge in [-0.15, -0.1) is 0 Å². The van der Waals surface area contributed by atoms with Crippen molar-refractivity contribution in [1.29, 1.82) is 0 Å². The van der Waals surface area contributed by atoms with E-state index in [0.717, 1.165) is 25.7 Å². The monoisotopic (exact) mass is 374 g/mol. The molecular formula is C16H26N2O4S2. The minimum atomic E-state index is -3.65. The summed E-state index contributed by atoms with van der Waals surface area (Å²) in [5.41, 5.74) is 0. The van der Waals surface area contributed by atoms with Gasteiger partial charge in [0.15, 0.2) is 0 Å². The highest BCUT2D eigenvalue weighted by Gasteiger charge is 2.28. The lowest BCUT2D eigenvalue weighted by Crippen LogP contribution is -2.32. The number of hydrogen-bond acceptors (Lipinski definition) is 4. The maximum atomic E-state index is 12.4. The summed E-state index contributed by atoms with van der Waals surface area (Å²) in [7, 11) is -7.21. The Labute approximate surface area is 145 Å². The molecule has 1 unspecified atom stereocenters. The van der Waals surface area contributed by atoms with Gasteiger partial charge in [0, 0.05) is 12.1 Å². The standard InChI is InChI=1S/C16H26N2O4S2/c1-12(2)4-5-13(3)17-23(19,20)15-8-10-16(11-9-15)24(21,22)18-14-6-7-14/h8-14,17-18H,4-7H2,1-3H3. The van der Waals surface area contributed by atoms with E-state index in [2.05, 4.69) is 23.3 Å². The molecule has 1 aliphatic rings. The van der Waals surface area contributed by atoms with Crippen molar-refractivity contribution in [3.05, 3.63) is 24.3 Å². The SMILES string of the molecule is CC(C)CCC(C)NS(=O)(=O)c1ccc(S(=O)(=O)NC2CC2)cc1. The van der Waals surface area contributed by atoms with Crippen molar-refractivity contribution in [2.24, 2.45) is 5.92 Å². The van der Waals surface area contributed by atoms with E-state index in [0.29, 0.717) is 5.92 Å². The van der Waals surface area contributed by atoms with Crippen LogP contribution in [0.15, 0.2) is 34.1 Å². The van der Waals surface area contributed by atoms with E-state index < -0.39 is 20.0 Å². The van der Waals surface area contributed by atoms with Crippen molar-refractivity contribution in [2.45, 2.75) is 68.3 Å².